The van der Waals surface area contributed by atoms with Crippen molar-refractivity contribution in [2.75, 3.05) is 11.9 Å². The fourth-order valence-corrected chi connectivity index (χ4v) is 3.15. The molecule has 3 aromatic heterocycles. The molecule has 3 heterocycles. The largest absolute Gasteiger partial charge is 0.387 e. The van der Waals surface area contributed by atoms with Crippen molar-refractivity contribution < 1.29 is 5.11 Å². The van der Waals surface area contributed by atoms with E-state index in [-0.39, 0.29) is 0 Å². The van der Waals surface area contributed by atoms with E-state index in [4.69, 9.17) is 0 Å². The molecule has 0 aliphatic rings. The second kappa shape index (κ2) is 5.01. The Hall–Kier alpha value is -1.50. The summed E-state index contributed by atoms with van der Waals surface area (Å²) in [6, 6.07) is 3.91. The van der Waals surface area contributed by atoms with E-state index >= 15 is 0 Å². The van der Waals surface area contributed by atoms with E-state index in [0.717, 1.165) is 21.6 Å². The lowest BCUT2D eigenvalue weighted by Crippen LogP contribution is -2.12. The molecule has 1 atom stereocenters. The first-order valence-electron chi connectivity index (χ1n) is 5.47. The molecule has 1 unspecified atom stereocenters. The van der Waals surface area contributed by atoms with Crippen LogP contribution in [-0.4, -0.2) is 21.6 Å². The summed E-state index contributed by atoms with van der Waals surface area (Å²) in [4.78, 5) is 9.35. The summed E-state index contributed by atoms with van der Waals surface area (Å²) in [6.07, 6.45) is 1.03. The van der Waals surface area contributed by atoms with Crippen molar-refractivity contribution in [1.82, 2.24) is 9.97 Å². The van der Waals surface area contributed by atoms with Crippen molar-refractivity contribution in [1.29, 1.82) is 0 Å². The van der Waals surface area contributed by atoms with Gasteiger partial charge >= 0.3 is 0 Å². The Morgan fingerprint density at radius 2 is 2.22 bits per heavy atom. The third-order valence-electron chi connectivity index (χ3n) is 2.65. The number of nitrogens with one attached hydrogen (secondary N) is 1. The Bertz CT molecular complexity index is 636. The monoisotopic (exact) mass is 277 g/mol. The molecule has 6 heteroatoms. The molecule has 0 saturated heterocycles. The van der Waals surface area contributed by atoms with E-state index in [9.17, 15) is 5.11 Å². The van der Waals surface area contributed by atoms with Gasteiger partial charge in [0.1, 0.15) is 17.0 Å². The summed E-state index contributed by atoms with van der Waals surface area (Å²) in [6.45, 7) is 0.443. The van der Waals surface area contributed by atoms with E-state index in [1.807, 2.05) is 28.3 Å². The Labute approximate surface area is 112 Å². The zero-order valence-corrected chi connectivity index (χ0v) is 11.0. The highest BCUT2D eigenvalue weighted by Crippen LogP contribution is 2.24. The number of anilines is 1. The Morgan fingerprint density at radius 3 is 3.06 bits per heavy atom. The number of aliphatic hydroxyl groups excluding tert-OH is 1. The topological polar surface area (TPSA) is 58.0 Å². The number of hydrogen-bond donors (Lipinski definition) is 2. The molecule has 3 rings (SSSR count). The quantitative estimate of drug-likeness (QED) is 0.770. The Balaban J connectivity index is 1.75. The molecule has 0 aliphatic carbocycles. The minimum atomic E-state index is -0.514. The molecule has 0 amide bonds. The van der Waals surface area contributed by atoms with Crippen LogP contribution in [-0.2, 0) is 0 Å². The minimum absolute atomic E-state index is 0.443. The van der Waals surface area contributed by atoms with E-state index in [1.165, 1.54) is 6.33 Å². The van der Waals surface area contributed by atoms with Gasteiger partial charge in [-0.15, -0.1) is 11.3 Å². The van der Waals surface area contributed by atoms with Crippen molar-refractivity contribution in [3.05, 3.63) is 40.2 Å². The molecule has 2 N–H and O–H groups in total. The van der Waals surface area contributed by atoms with Crippen LogP contribution in [0.15, 0.2) is 34.6 Å². The standard InChI is InChI=1S/C12H11N3OS2/c16-10(8-1-3-17-6-8)5-13-11-9-2-4-18-12(9)15-7-14-11/h1-4,6-7,10,16H,5H2,(H,13,14,15). The molecule has 0 bridgehead atoms. The number of aliphatic hydroxyl groups is 1. The van der Waals surface area contributed by atoms with Gasteiger partial charge in [0, 0.05) is 6.54 Å². The van der Waals surface area contributed by atoms with Gasteiger partial charge < -0.3 is 10.4 Å². The van der Waals surface area contributed by atoms with Gasteiger partial charge in [-0.3, -0.25) is 0 Å². The van der Waals surface area contributed by atoms with Gasteiger partial charge in [-0.2, -0.15) is 11.3 Å². The third kappa shape index (κ3) is 2.22. The summed E-state index contributed by atoms with van der Waals surface area (Å²) in [7, 11) is 0. The number of rotatable bonds is 4. The van der Waals surface area contributed by atoms with Gasteiger partial charge in [-0.1, -0.05) is 0 Å². The highest BCUT2D eigenvalue weighted by Gasteiger charge is 2.09. The minimum Gasteiger partial charge on any atom is -0.387 e. The molecule has 92 valence electrons. The summed E-state index contributed by atoms with van der Waals surface area (Å²) >= 11 is 3.16. The number of nitrogens with zero attached hydrogens (tertiary/aromatic N) is 2. The van der Waals surface area contributed by atoms with Gasteiger partial charge in [0.2, 0.25) is 0 Å². The van der Waals surface area contributed by atoms with Gasteiger partial charge in [-0.25, -0.2) is 9.97 Å². The van der Waals surface area contributed by atoms with Crippen molar-refractivity contribution >= 4 is 38.7 Å². The molecular weight excluding hydrogens is 266 g/mol. The average molecular weight is 277 g/mol. The first-order valence-corrected chi connectivity index (χ1v) is 7.29. The van der Waals surface area contributed by atoms with E-state index < -0.39 is 6.10 Å². The highest BCUT2D eigenvalue weighted by atomic mass is 32.1. The lowest BCUT2D eigenvalue weighted by molar-refractivity contribution is 0.192. The molecule has 0 saturated carbocycles. The van der Waals surface area contributed by atoms with Gasteiger partial charge in [0.05, 0.1) is 11.5 Å². The maximum atomic E-state index is 10.00. The summed E-state index contributed by atoms with van der Waals surface area (Å²) < 4.78 is 0. The van der Waals surface area contributed by atoms with Crippen LogP contribution in [0.1, 0.15) is 11.7 Å². The fraction of sp³-hybridized carbons (Fsp3) is 0.167. The summed E-state index contributed by atoms with van der Waals surface area (Å²) in [5, 5.41) is 20.1. The average Bonchev–Trinajstić information content (AvgIpc) is 3.05. The normalized spacial score (nSPS) is 12.7. The van der Waals surface area contributed by atoms with Crippen molar-refractivity contribution in [3.8, 4) is 0 Å². The molecule has 0 radical (unpaired) electrons. The van der Waals surface area contributed by atoms with Crippen molar-refractivity contribution in [2.45, 2.75) is 6.10 Å². The second-order valence-electron chi connectivity index (χ2n) is 3.82. The molecule has 4 nitrogen and oxygen atoms in total. The third-order valence-corrected chi connectivity index (χ3v) is 4.17. The molecule has 0 fully saturated rings. The number of thiophene rings is 2. The molecule has 0 spiro atoms. The predicted molar refractivity (Wildman–Crippen MR) is 75.2 cm³/mol. The molecular formula is C12H11N3OS2. The van der Waals surface area contributed by atoms with E-state index in [2.05, 4.69) is 15.3 Å². The van der Waals surface area contributed by atoms with Crippen LogP contribution in [0.3, 0.4) is 0 Å². The molecule has 0 aromatic carbocycles. The Morgan fingerprint density at radius 1 is 1.28 bits per heavy atom. The predicted octanol–water partition coefficient (Wildman–Crippen LogP) is 2.90. The van der Waals surface area contributed by atoms with Gasteiger partial charge in [0.15, 0.2) is 0 Å². The first-order chi connectivity index (χ1) is 8.84. The van der Waals surface area contributed by atoms with Crippen LogP contribution in [0.4, 0.5) is 5.82 Å². The summed E-state index contributed by atoms with van der Waals surface area (Å²) in [5.74, 6) is 0.774. The SMILES string of the molecule is OC(CNc1ncnc2sccc12)c1ccsc1. The van der Waals surface area contributed by atoms with Gasteiger partial charge in [0.25, 0.3) is 0 Å². The van der Waals surface area contributed by atoms with E-state index in [0.29, 0.717) is 6.54 Å². The Kier molecular flexibility index (Phi) is 3.22. The van der Waals surface area contributed by atoms with Gasteiger partial charge in [-0.05, 0) is 33.8 Å². The maximum absolute atomic E-state index is 10.00. The molecule has 18 heavy (non-hydrogen) atoms. The van der Waals surface area contributed by atoms with Crippen LogP contribution in [0, 0.1) is 0 Å². The lowest BCUT2D eigenvalue weighted by Gasteiger charge is -2.11. The zero-order valence-electron chi connectivity index (χ0n) is 9.41. The van der Waals surface area contributed by atoms with Crippen LogP contribution in [0.2, 0.25) is 0 Å². The lowest BCUT2D eigenvalue weighted by atomic mass is 10.2. The number of fused-ring (bicyclic) bond motifs is 1. The van der Waals surface area contributed by atoms with Crippen LogP contribution in [0.25, 0.3) is 10.2 Å². The highest BCUT2D eigenvalue weighted by molar-refractivity contribution is 7.16. The van der Waals surface area contributed by atoms with Crippen LogP contribution < -0.4 is 5.32 Å². The fourth-order valence-electron chi connectivity index (χ4n) is 1.71. The second-order valence-corrected chi connectivity index (χ2v) is 5.49. The zero-order chi connectivity index (χ0) is 12.4. The van der Waals surface area contributed by atoms with E-state index in [1.54, 1.807) is 22.7 Å². The van der Waals surface area contributed by atoms with Crippen LogP contribution >= 0.6 is 22.7 Å². The van der Waals surface area contributed by atoms with Crippen LogP contribution in [0.5, 0.6) is 0 Å². The van der Waals surface area contributed by atoms with Crippen molar-refractivity contribution in [2.24, 2.45) is 0 Å². The first kappa shape index (κ1) is 11.6. The van der Waals surface area contributed by atoms with Crippen molar-refractivity contribution in [3.63, 3.8) is 0 Å². The summed E-state index contributed by atoms with van der Waals surface area (Å²) in [5.41, 5.74) is 0.933. The number of aromatic nitrogens is 2. The molecule has 3 aromatic rings. The molecule has 0 aliphatic heterocycles. The number of hydrogen-bond acceptors (Lipinski definition) is 6. The smallest absolute Gasteiger partial charge is 0.138 e. The maximum Gasteiger partial charge on any atom is 0.138 e.